The molecule has 0 radical (unpaired) electrons. The summed E-state index contributed by atoms with van der Waals surface area (Å²) >= 11 is 0. The lowest BCUT2D eigenvalue weighted by atomic mass is 9.94. The molecule has 0 rings (SSSR count). The second kappa shape index (κ2) is 11.2. The van der Waals surface area contributed by atoms with Gasteiger partial charge in [-0.25, -0.2) is 0 Å². The SMILES string of the molecule is CC(C)CCCCCCCC(CC(O)CO)C(=O)O. The summed E-state index contributed by atoms with van der Waals surface area (Å²) in [5.41, 5.74) is 0. The van der Waals surface area contributed by atoms with Crippen LogP contribution in [0.15, 0.2) is 0 Å². The second-order valence-electron chi connectivity index (χ2n) is 5.85. The van der Waals surface area contributed by atoms with Crippen LogP contribution in [0, 0.1) is 11.8 Å². The van der Waals surface area contributed by atoms with Crippen molar-refractivity contribution in [2.45, 2.75) is 71.3 Å². The summed E-state index contributed by atoms with van der Waals surface area (Å²) in [5, 5.41) is 27.1. The summed E-state index contributed by atoms with van der Waals surface area (Å²) in [7, 11) is 0. The van der Waals surface area contributed by atoms with Crippen molar-refractivity contribution >= 4 is 5.97 Å². The summed E-state index contributed by atoms with van der Waals surface area (Å²) < 4.78 is 0. The molecule has 19 heavy (non-hydrogen) atoms. The third-order valence-electron chi connectivity index (χ3n) is 3.45. The average molecular weight is 274 g/mol. The van der Waals surface area contributed by atoms with Gasteiger partial charge in [0.2, 0.25) is 0 Å². The highest BCUT2D eigenvalue weighted by Gasteiger charge is 2.20. The first-order valence-electron chi connectivity index (χ1n) is 7.49. The van der Waals surface area contributed by atoms with E-state index in [-0.39, 0.29) is 13.0 Å². The summed E-state index contributed by atoms with van der Waals surface area (Å²) in [6, 6.07) is 0. The molecule has 3 N–H and O–H groups in total. The smallest absolute Gasteiger partial charge is 0.306 e. The molecule has 4 nitrogen and oxygen atoms in total. The largest absolute Gasteiger partial charge is 0.481 e. The van der Waals surface area contributed by atoms with Crippen molar-refractivity contribution in [2.75, 3.05) is 6.61 Å². The first-order chi connectivity index (χ1) is 8.97. The van der Waals surface area contributed by atoms with Crippen molar-refractivity contribution in [3.63, 3.8) is 0 Å². The molecule has 0 aliphatic rings. The minimum Gasteiger partial charge on any atom is -0.481 e. The lowest BCUT2D eigenvalue weighted by molar-refractivity contribution is -0.143. The van der Waals surface area contributed by atoms with Crippen LogP contribution >= 0.6 is 0 Å². The van der Waals surface area contributed by atoms with E-state index in [1.54, 1.807) is 0 Å². The van der Waals surface area contributed by atoms with Crippen molar-refractivity contribution in [1.82, 2.24) is 0 Å². The first-order valence-corrected chi connectivity index (χ1v) is 7.49. The van der Waals surface area contributed by atoms with Gasteiger partial charge in [-0.1, -0.05) is 52.4 Å². The quantitative estimate of drug-likeness (QED) is 0.478. The van der Waals surface area contributed by atoms with Gasteiger partial charge < -0.3 is 15.3 Å². The highest BCUT2D eigenvalue weighted by atomic mass is 16.4. The molecule has 0 aliphatic carbocycles. The van der Waals surface area contributed by atoms with E-state index < -0.39 is 18.0 Å². The molecule has 114 valence electrons. The van der Waals surface area contributed by atoms with E-state index in [9.17, 15) is 9.90 Å². The number of carbonyl (C=O) groups is 1. The molecule has 0 aliphatic heterocycles. The number of rotatable bonds is 12. The number of carboxylic acids is 1. The maximum atomic E-state index is 11.0. The van der Waals surface area contributed by atoms with Crippen molar-refractivity contribution in [2.24, 2.45) is 11.8 Å². The summed E-state index contributed by atoms with van der Waals surface area (Å²) in [4.78, 5) is 11.0. The van der Waals surface area contributed by atoms with Gasteiger partial charge in [0.05, 0.1) is 18.6 Å². The molecule has 0 amide bonds. The van der Waals surface area contributed by atoms with E-state index in [0.717, 1.165) is 25.2 Å². The normalized spacial score (nSPS) is 14.6. The topological polar surface area (TPSA) is 77.8 Å². The zero-order chi connectivity index (χ0) is 14.7. The Labute approximate surface area is 116 Å². The van der Waals surface area contributed by atoms with Crippen LogP contribution in [0.5, 0.6) is 0 Å². The van der Waals surface area contributed by atoms with Gasteiger partial charge in [-0.3, -0.25) is 4.79 Å². The van der Waals surface area contributed by atoms with Gasteiger partial charge in [0.25, 0.3) is 0 Å². The number of carboxylic acid groups (broad SMARTS) is 1. The van der Waals surface area contributed by atoms with Crippen LogP contribution in [0.3, 0.4) is 0 Å². The molecule has 0 heterocycles. The number of hydrogen-bond donors (Lipinski definition) is 3. The fraction of sp³-hybridized carbons (Fsp3) is 0.933. The molecule has 0 saturated carbocycles. The number of hydrogen-bond acceptors (Lipinski definition) is 3. The van der Waals surface area contributed by atoms with Crippen molar-refractivity contribution in [3.8, 4) is 0 Å². The zero-order valence-corrected chi connectivity index (χ0v) is 12.3. The Morgan fingerprint density at radius 2 is 1.53 bits per heavy atom. The van der Waals surface area contributed by atoms with Gasteiger partial charge in [0.15, 0.2) is 0 Å². The molecule has 0 saturated heterocycles. The summed E-state index contributed by atoms with van der Waals surface area (Å²) in [6.45, 7) is 4.09. The van der Waals surface area contributed by atoms with E-state index in [1.165, 1.54) is 19.3 Å². The van der Waals surface area contributed by atoms with Crippen molar-refractivity contribution < 1.29 is 20.1 Å². The molecule has 0 fully saturated rings. The Bertz CT molecular complexity index is 228. The lowest BCUT2D eigenvalue weighted by Gasteiger charge is -2.15. The molecule has 2 atom stereocenters. The zero-order valence-electron chi connectivity index (χ0n) is 12.3. The van der Waals surface area contributed by atoms with Gasteiger partial charge in [-0.05, 0) is 18.8 Å². The Hall–Kier alpha value is -0.610. The molecule has 0 aromatic heterocycles. The predicted molar refractivity (Wildman–Crippen MR) is 76.0 cm³/mol. The highest BCUT2D eigenvalue weighted by Crippen LogP contribution is 2.18. The fourth-order valence-corrected chi connectivity index (χ4v) is 2.22. The molecular weight excluding hydrogens is 244 g/mol. The van der Waals surface area contributed by atoms with E-state index >= 15 is 0 Å². The van der Waals surface area contributed by atoms with Crippen molar-refractivity contribution in [3.05, 3.63) is 0 Å². The van der Waals surface area contributed by atoms with Crippen LogP contribution in [0.2, 0.25) is 0 Å². The van der Waals surface area contributed by atoms with Gasteiger partial charge in [0.1, 0.15) is 0 Å². The predicted octanol–water partition coefficient (Wildman–Crippen LogP) is 2.82. The van der Waals surface area contributed by atoms with Crippen LogP contribution in [0.1, 0.15) is 65.2 Å². The maximum absolute atomic E-state index is 11.0. The van der Waals surface area contributed by atoms with E-state index in [2.05, 4.69) is 13.8 Å². The monoisotopic (exact) mass is 274 g/mol. The molecule has 4 heteroatoms. The molecular formula is C15H30O4. The number of aliphatic hydroxyl groups excluding tert-OH is 2. The second-order valence-corrected chi connectivity index (χ2v) is 5.85. The van der Waals surface area contributed by atoms with Crippen molar-refractivity contribution in [1.29, 1.82) is 0 Å². The minimum absolute atomic E-state index is 0.152. The summed E-state index contributed by atoms with van der Waals surface area (Å²) in [5.74, 6) is -0.638. The standard InChI is InChI=1S/C15H30O4/c1-12(2)8-6-4-3-5-7-9-13(15(18)19)10-14(17)11-16/h12-14,16-17H,3-11H2,1-2H3,(H,18,19). The first kappa shape index (κ1) is 18.4. The van der Waals surface area contributed by atoms with Crippen LogP contribution < -0.4 is 0 Å². The minimum atomic E-state index is -0.910. The molecule has 0 spiro atoms. The average Bonchev–Trinajstić information content (AvgIpc) is 2.35. The van der Waals surface area contributed by atoms with E-state index in [0.29, 0.717) is 6.42 Å². The van der Waals surface area contributed by atoms with Gasteiger partial charge in [-0.15, -0.1) is 0 Å². The van der Waals surface area contributed by atoms with Gasteiger partial charge in [-0.2, -0.15) is 0 Å². The Morgan fingerprint density at radius 1 is 1.00 bits per heavy atom. The molecule has 0 bridgehead atoms. The lowest BCUT2D eigenvalue weighted by Crippen LogP contribution is -2.23. The molecule has 2 unspecified atom stereocenters. The van der Waals surface area contributed by atoms with E-state index in [4.69, 9.17) is 10.2 Å². The third-order valence-corrected chi connectivity index (χ3v) is 3.45. The van der Waals surface area contributed by atoms with E-state index in [1.807, 2.05) is 0 Å². The molecule has 0 aromatic rings. The third kappa shape index (κ3) is 11.0. The maximum Gasteiger partial charge on any atom is 0.306 e. The van der Waals surface area contributed by atoms with Gasteiger partial charge in [0, 0.05) is 0 Å². The molecule has 0 aromatic carbocycles. The fourth-order valence-electron chi connectivity index (χ4n) is 2.22. The Morgan fingerprint density at radius 3 is 2.00 bits per heavy atom. The van der Waals surface area contributed by atoms with Crippen LogP contribution in [0.4, 0.5) is 0 Å². The summed E-state index contributed by atoms with van der Waals surface area (Å²) in [6.07, 6.45) is 6.66. The van der Waals surface area contributed by atoms with Crippen LogP contribution in [0.25, 0.3) is 0 Å². The Balaban J connectivity index is 3.62. The number of aliphatic hydroxyl groups is 2. The van der Waals surface area contributed by atoms with Gasteiger partial charge >= 0.3 is 5.97 Å². The van der Waals surface area contributed by atoms with Crippen LogP contribution in [-0.4, -0.2) is 34.0 Å². The number of aliphatic carboxylic acids is 1. The Kier molecular flexibility index (Phi) is 10.9. The highest BCUT2D eigenvalue weighted by molar-refractivity contribution is 5.69. The number of unbranched alkanes of at least 4 members (excludes halogenated alkanes) is 4. The van der Waals surface area contributed by atoms with Crippen LogP contribution in [-0.2, 0) is 4.79 Å².